The maximum Gasteiger partial charge on any atom is 0.119 e. The van der Waals surface area contributed by atoms with Gasteiger partial charge in [-0.25, -0.2) is 4.39 Å². The summed E-state index contributed by atoms with van der Waals surface area (Å²) in [7, 11) is 1.66. The zero-order valence-corrected chi connectivity index (χ0v) is 6.77. The third-order valence-corrected chi connectivity index (χ3v) is 1.77. The van der Waals surface area contributed by atoms with E-state index in [1.807, 2.05) is 0 Å². The Hall–Kier alpha value is -0.630. The molecule has 0 unspecified atom stereocenters. The van der Waals surface area contributed by atoms with Crippen LogP contribution >= 0.6 is 0 Å². The third kappa shape index (κ3) is 2.85. The summed E-state index contributed by atoms with van der Waals surface area (Å²) in [5.41, 5.74) is 1.16. The van der Waals surface area contributed by atoms with Crippen molar-refractivity contribution in [1.82, 2.24) is 0 Å². The summed E-state index contributed by atoms with van der Waals surface area (Å²) in [5, 5.41) is 0. The lowest BCUT2D eigenvalue weighted by atomic mass is 10.0. The maximum absolute atomic E-state index is 12.6. The molecule has 62 valence electrons. The van der Waals surface area contributed by atoms with Gasteiger partial charge >= 0.3 is 0 Å². The molecule has 0 amide bonds. The van der Waals surface area contributed by atoms with E-state index in [0.29, 0.717) is 6.61 Å². The number of ether oxygens (including phenoxy) is 1. The highest BCUT2D eigenvalue weighted by molar-refractivity contribution is 5.22. The zero-order valence-electron chi connectivity index (χ0n) is 6.77. The molecule has 0 aliphatic heterocycles. The predicted molar refractivity (Wildman–Crippen MR) is 43.0 cm³/mol. The second kappa shape index (κ2) is 4.29. The van der Waals surface area contributed by atoms with Crippen molar-refractivity contribution in [2.24, 2.45) is 0 Å². The third-order valence-electron chi connectivity index (χ3n) is 1.77. The number of hydrogen-bond donors (Lipinski definition) is 0. The van der Waals surface area contributed by atoms with Gasteiger partial charge < -0.3 is 4.74 Å². The van der Waals surface area contributed by atoms with Crippen molar-refractivity contribution in [3.63, 3.8) is 0 Å². The molecule has 0 aromatic carbocycles. The highest BCUT2D eigenvalue weighted by Crippen LogP contribution is 2.20. The van der Waals surface area contributed by atoms with Gasteiger partial charge in [-0.1, -0.05) is 5.57 Å². The van der Waals surface area contributed by atoms with Crippen LogP contribution in [0.5, 0.6) is 0 Å². The van der Waals surface area contributed by atoms with Crippen LogP contribution < -0.4 is 0 Å². The monoisotopic (exact) mass is 156 g/mol. The van der Waals surface area contributed by atoms with E-state index in [9.17, 15) is 4.39 Å². The fourth-order valence-corrected chi connectivity index (χ4v) is 1.15. The van der Waals surface area contributed by atoms with Crippen LogP contribution in [-0.4, -0.2) is 13.7 Å². The predicted octanol–water partition coefficient (Wildman–Crippen LogP) is 2.60. The molecule has 0 aromatic heterocycles. The molecule has 0 radical (unpaired) electrons. The highest BCUT2D eigenvalue weighted by Gasteiger charge is 2.03. The van der Waals surface area contributed by atoms with Crippen LogP contribution in [0.3, 0.4) is 0 Å². The van der Waals surface area contributed by atoms with Gasteiger partial charge in [-0.15, -0.1) is 0 Å². The van der Waals surface area contributed by atoms with Gasteiger partial charge in [-0.3, -0.25) is 0 Å². The minimum atomic E-state index is -0.0950. The molecule has 1 rings (SSSR count). The van der Waals surface area contributed by atoms with Crippen LogP contribution in [-0.2, 0) is 4.74 Å². The van der Waals surface area contributed by atoms with E-state index in [2.05, 4.69) is 0 Å². The molecular formula is C9H13FO. The van der Waals surface area contributed by atoms with Crippen molar-refractivity contribution in [1.29, 1.82) is 0 Å². The summed E-state index contributed by atoms with van der Waals surface area (Å²) in [5.74, 6) is -0.0950. The summed E-state index contributed by atoms with van der Waals surface area (Å²) in [6.45, 7) is 0.694. The summed E-state index contributed by atoms with van der Waals surface area (Å²) in [4.78, 5) is 0. The Bertz CT molecular complexity index is 182. The van der Waals surface area contributed by atoms with E-state index >= 15 is 0 Å². The smallest absolute Gasteiger partial charge is 0.119 e. The van der Waals surface area contributed by atoms with Crippen LogP contribution in [0, 0.1) is 0 Å². The Labute approximate surface area is 66.6 Å². The lowest BCUT2D eigenvalue weighted by molar-refractivity contribution is 0.201. The van der Waals surface area contributed by atoms with Gasteiger partial charge in [0, 0.05) is 13.7 Å². The molecule has 0 atom stereocenters. The molecule has 1 aliphatic rings. The molecule has 2 heteroatoms. The van der Waals surface area contributed by atoms with Gasteiger partial charge in [0.1, 0.15) is 5.83 Å². The van der Waals surface area contributed by atoms with Gasteiger partial charge in [0.15, 0.2) is 0 Å². The van der Waals surface area contributed by atoms with Crippen molar-refractivity contribution in [2.75, 3.05) is 13.7 Å². The summed E-state index contributed by atoms with van der Waals surface area (Å²) >= 11 is 0. The van der Waals surface area contributed by atoms with Crippen molar-refractivity contribution in [3.05, 3.63) is 23.6 Å². The van der Waals surface area contributed by atoms with E-state index in [-0.39, 0.29) is 5.83 Å². The second-order valence-electron chi connectivity index (χ2n) is 2.67. The van der Waals surface area contributed by atoms with Crippen LogP contribution in [0.1, 0.15) is 19.3 Å². The Morgan fingerprint density at radius 2 is 2.45 bits per heavy atom. The van der Waals surface area contributed by atoms with Crippen molar-refractivity contribution < 1.29 is 9.13 Å². The molecule has 0 N–H and O–H groups in total. The molecule has 0 spiro atoms. The van der Waals surface area contributed by atoms with Crippen molar-refractivity contribution in [2.45, 2.75) is 19.3 Å². The Kier molecular flexibility index (Phi) is 3.30. The minimum absolute atomic E-state index is 0.0950. The first-order chi connectivity index (χ1) is 5.33. The number of methoxy groups -OCH3 is 1. The lowest BCUT2D eigenvalue weighted by Gasteiger charge is -2.08. The van der Waals surface area contributed by atoms with Crippen LogP contribution in [0.25, 0.3) is 0 Å². The Morgan fingerprint density at radius 3 is 3.09 bits per heavy atom. The first-order valence-electron chi connectivity index (χ1n) is 3.87. The molecule has 0 heterocycles. The fourth-order valence-electron chi connectivity index (χ4n) is 1.15. The minimum Gasteiger partial charge on any atom is -0.384 e. The molecule has 0 saturated heterocycles. The fraction of sp³-hybridized carbons (Fsp3) is 0.556. The van der Waals surface area contributed by atoms with Crippen molar-refractivity contribution >= 4 is 0 Å². The van der Waals surface area contributed by atoms with E-state index in [0.717, 1.165) is 24.8 Å². The molecule has 0 saturated carbocycles. The van der Waals surface area contributed by atoms with E-state index in [1.54, 1.807) is 19.3 Å². The molecule has 1 nitrogen and oxygen atoms in total. The lowest BCUT2D eigenvalue weighted by Crippen LogP contribution is -1.95. The van der Waals surface area contributed by atoms with E-state index in [1.165, 1.54) is 0 Å². The molecule has 11 heavy (non-hydrogen) atoms. The molecule has 0 fully saturated rings. The number of halogens is 1. The van der Waals surface area contributed by atoms with Crippen LogP contribution in [0.2, 0.25) is 0 Å². The van der Waals surface area contributed by atoms with Gasteiger partial charge in [0.2, 0.25) is 0 Å². The molecule has 0 bridgehead atoms. The first-order valence-corrected chi connectivity index (χ1v) is 3.87. The van der Waals surface area contributed by atoms with Crippen LogP contribution in [0.15, 0.2) is 23.6 Å². The molecular weight excluding hydrogens is 143 g/mol. The van der Waals surface area contributed by atoms with Gasteiger partial charge in [-0.05, 0) is 31.4 Å². The topological polar surface area (TPSA) is 9.23 Å². The van der Waals surface area contributed by atoms with Crippen molar-refractivity contribution in [3.8, 4) is 0 Å². The number of allylic oxidation sites excluding steroid dienone is 3. The van der Waals surface area contributed by atoms with Crippen LogP contribution in [0.4, 0.5) is 4.39 Å². The SMILES string of the molecule is COCCC1=CC(F)=CCC1. The zero-order chi connectivity index (χ0) is 8.10. The first kappa shape index (κ1) is 8.47. The second-order valence-corrected chi connectivity index (χ2v) is 2.67. The average molecular weight is 156 g/mol. The van der Waals surface area contributed by atoms with Gasteiger partial charge in [-0.2, -0.15) is 0 Å². The van der Waals surface area contributed by atoms with Gasteiger partial charge in [0.05, 0.1) is 0 Å². The summed E-state index contributed by atoms with van der Waals surface area (Å²) < 4.78 is 17.5. The summed E-state index contributed by atoms with van der Waals surface area (Å²) in [6.07, 6.45) is 5.91. The van der Waals surface area contributed by atoms with E-state index < -0.39 is 0 Å². The molecule has 0 aromatic rings. The maximum atomic E-state index is 12.6. The van der Waals surface area contributed by atoms with E-state index in [4.69, 9.17) is 4.74 Å². The van der Waals surface area contributed by atoms with Gasteiger partial charge in [0.25, 0.3) is 0 Å². The Morgan fingerprint density at radius 1 is 1.64 bits per heavy atom. The normalized spacial score (nSPS) is 17.6. The molecule has 1 aliphatic carbocycles. The summed E-state index contributed by atoms with van der Waals surface area (Å²) in [6, 6.07) is 0. The quantitative estimate of drug-likeness (QED) is 0.610. The standard InChI is InChI=1S/C9H13FO/c1-11-6-5-8-3-2-4-9(10)7-8/h4,7H,2-3,5-6H2,1H3. The highest BCUT2D eigenvalue weighted by atomic mass is 19.1. The average Bonchev–Trinajstić information content (AvgIpc) is 2.01. The number of rotatable bonds is 3. The Balaban J connectivity index is 2.39. The number of hydrogen-bond acceptors (Lipinski definition) is 1. The largest absolute Gasteiger partial charge is 0.384 e.